The maximum atomic E-state index is 12.7. The van der Waals surface area contributed by atoms with Gasteiger partial charge in [-0.3, -0.25) is 10.1 Å². The number of thiazole rings is 1. The normalized spacial score (nSPS) is 11.6. The van der Waals surface area contributed by atoms with E-state index in [9.17, 15) is 13.2 Å². The van der Waals surface area contributed by atoms with Gasteiger partial charge in [0.05, 0.1) is 22.2 Å². The highest BCUT2D eigenvalue weighted by Gasteiger charge is 2.22. The van der Waals surface area contributed by atoms with Gasteiger partial charge in [0.2, 0.25) is 10.0 Å². The number of amides is 1. The Bertz CT molecular complexity index is 1120. The minimum absolute atomic E-state index is 0.177. The Morgan fingerprint density at radius 3 is 2.40 bits per heavy atom. The fourth-order valence-corrected chi connectivity index (χ4v) is 5.29. The van der Waals surface area contributed by atoms with Gasteiger partial charge in [0.1, 0.15) is 11.5 Å². The molecule has 0 spiro atoms. The second-order valence-electron chi connectivity index (χ2n) is 6.25. The number of hydrogen-bond acceptors (Lipinski definition) is 7. The number of nitrogens with one attached hydrogen (secondary N) is 1. The molecule has 0 aliphatic carbocycles. The Morgan fingerprint density at radius 1 is 1.10 bits per heavy atom. The summed E-state index contributed by atoms with van der Waals surface area (Å²) in [6.07, 6.45) is 0. The lowest BCUT2D eigenvalue weighted by Crippen LogP contribution is -2.30. The molecule has 0 aliphatic rings. The van der Waals surface area contributed by atoms with Crippen LogP contribution in [0.25, 0.3) is 10.2 Å². The summed E-state index contributed by atoms with van der Waals surface area (Å²) < 4.78 is 38.0. The van der Waals surface area contributed by atoms with Gasteiger partial charge in [0.25, 0.3) is 5.91 Å². The van der Waals surface area contributed by atoms with Crippen LogP contribution >= 0.6 is 11.3 Å². The molecule has 0 bridgehead atoms. The molecular formula is C20H23N3O5S2. The number of ether oxygens (including phenoxy) is 2. The molecule has 0 radical (unpaired) electrons. The largest absolute Gasteiger partial charge is 0.497 e. The number of carbonyl (C=O) groups is 1. The van der Waals surface area contributed by atoms with Crippen LogP contribution in [-0.4, -0.2) is 50.4 Å². The van der Waals surface area contributed by atoms with Gasteiger partial charge in [0, 0.05) is 13.1 Å². The van der Waals surface area contributed by atoms with Crippen LogP contribution in [0.4, 0.5) is 5.13 Å². The van der Waals surface area contributed by atoms with Gasteiger partial charge in [-0.25, -0.2) is 13.4 Å². The van der Waals surface area contributed by atoms with Crippen molar-refractivity contribution < 1.29 is 22.7 Å². The fourth-order valence-electron chi connectivity index (χ4n) is 2.81. The first-order chi connectivity index (χ1) is 14.4. The quantitative estimate of drug-likeness (QED) is 0.538. The van der Waals surface area contributed by atoms with Crippen molar-refractivity contribution in [3.05, 3.63) is 42.5 Å². The van der Waals surface area contributed by atoms with E-state index in [0.29, 0.717) is 39.9 Å². The summed E-state index contributed by atoms with van der Waals surface area (Å²) in [5.74, 6) is 0.881. The third-order valence-corrected chi connectivity index (χ3v) is 7.36. The SMILES string of the molecule is CCN(CC)S(=O)(=O)c1ccc2nc(NC(=O)COc3ccc(OC)cc3)sc2c1. The van der Waals surface area contributed by atoms with E-state index in [0.717, 1.165) is 0 Å². The number of aromatic nitrogens is 1. The summed E-state index contributed by atoms with van der Waals surface area (Å²) in [5.41, 5.74) is 0.616. The molecule has 1 N–H and O–H groups in total. The maximum Gasteiger partial charge on any atom is 0.264 e. The molecule has 0 aliphatic heterocycles. The molecule has 1 aromatic heterocycles. The van der Waals surface area contributed by atoms with E-state index in [4.69, 9.17) is 9.47 Å². The number of nitrogens with zero attached hydrogens (tertiary/aromatic N) is 2. The second kappa shape index (κ2) is 9.41. The number of rotatable bonds is 9. The zero-order valence-corrected chi connectivity index (χ0v) is 18.5. The molecule has 160 valence electrons. The van der Waals surface area contributed by atoms with Crippen LogP contribution in [-0.2, 0) is 14.8 Å². The van der Waals surface area contributed by atoms with Gasteiger partial charge < -0.3 is 9.47 Å². The molecule has 2 aromatic carbocycles. The van der Waals surface area contributed by atoms with Gasteiger partial charge in [-0.1, -0.05) is 25.2 Å². The van der Waals surface area contributed by atoms with E-state index in [2.05, 4.69) is 10.3 Å². The van der Waals surface area contributed by atoms with Crippen LogP contribution in [0.3, 0.4) is 0 Å². The molecule has 3 rings (SSSR count). The molecule has 0 saturated carbocycles. The third-order valence-electron chi connectivity index (χ3n) is 4.38. The molecule has 1 heterocycles. The zero-order valence-electron chi connectivity index (χ0n) is 16.9. The van der Waals surface area contributed by atoms with Crippen LogP contribution < -0.4 is 14.8 Å². The number of anilines is 1. The minimum atomic E-state index is -3.55. The molecule has 0 atom stereocenters. The van der Waals surface area contributed by atoms with Crippen LogP contribution in [0.1, 0.15) is 13.8 Å². The predicted octanol–water partition coefficient (Wildman–Crippen LogP) is 3.35. The lowest BCUT2D eigenvalue weighted by Gasteiger charge is -2.18. The molecular weight excluding hydrogens is 426 g/mol. The lowest BCUT2D eigenvalue weighted by molar-refractivity contribution is -0.118. The molecule has 0 unspecified atom stereocenters. The summed E-state index contributed by atoms with van der Waals surface area (Å²) in [6.45, 7) is 4.22. The maximum absolute atomic E-state index is 12.7. The monoisotopic (exact) mass is 449 g/mol. The van der Waals surface area contributed by atoms with E-state index in [1.807, 2.05) is 0 Å². The number of sulfonamides is 1. The van der Waals surface area contributed by atoms with E-state index in [-0.39, 0.29) is 17.4 Å². The summed E-state index contributed by atoms with van der Waals surface area (Å²) in [6, 6.07) is 11.7. The van der Waals surface area contributed by atoms with Crippen LogP contribution in [0.2, 0.25) is 0 Å². The fraction of sp³-hybridized carbons (Fsp3) is 0.300. The van der Waals surface area contributed by atoms with Crippen molar-refractivity contribution >= 4 is 42.6 Å². The summed E-state index contributed by atoms with van der Waals surface area (Å²) in [5, 5.41) is 3.07. The van der Waals surface area contributed by atoms with Gasteiger partial charge in [-0.15, -0.1) is 0 Å². The van der Waals surface area contributed by atoms with E-state index < -0.39 is 10.0 Å². The van der Waals surface area contributed by atoms with Crippen LogP contribution in [0, 0.1) is 0 Å². The first kappa shape index (κ1) is 22.0. The van der Waals surface area contributed by atoms with Gasteiger partial charge in [0.15, 0.2) is 11.7 Å². The molecule has 3 aromatic rings. The lowest BCUT2D eigenvalue weighted by atomic mass is 10.3. The highest BCUT2D eigenvalue weighted by Crippen LogP contribution is 2.29. The summed E-state index contributed by atoms with van der Waals surface area (Å²) in [7, 11) is -1.98. The Balaban J connectivity index is 1.68. The molecule has 0 saturated heterocycles. The highest BCUT2D eigenvalue weighted by atomic mass is 32.2. The first-order valence-electron chi connectivity index (χ1n) is 9.34. The van der Waals surface area contributed by atoms with Crippen molar-refractivity contribution in [2.75, 3.05) is 32.1 Å². The second-order valence-corrected chi connectivity index (χ2v) is 9.22. The van der Waals surface area contributed by atoms with E-state index in [1.165, 1.54) is 21.7 Å². The number of hydrogen-bond donors (Lipinski definition) is 1. The molecule has 0 fully saturated rings. The van der Waals surface area contributed by atoms with Crippen molar-refractivity contribution in [3.63, 3.8) is 0 Å². The Hall–Kier alpha value is -2.69. The van der Waals surface area contributed by atoms with Crippen LogP contribution in [0.5, 0.6) is 11.5 Å². The number of benzene rings is 2. The third kappa shape index (κ3) is 4.89. The van der Waals surface area contributed by atoms with Crippen molar-refractivity contribution in [2.45, 2.75) is 18.7 Å². The van der Waals surface area contributed by atoms with Crippen molar-refractivity contribution in [3.8, 4) is 11.5 Å². The van der Waals surface area contributed by atoms with Crippen LogP contribution in [0.15, 0.2) is 47.4 Å². The van der Waals surface area contributed by atoms with Crippen molar-refractivity contribution in [1.29, 1.82) is 0 Å². The summed E-state index contributed by atoms with van der Waals surface area (Å²) in [4.78, 5) is 16.7. The average Bonchev–Trinajstić information content (AvgIpc) is 3.14. The Labute approximate surface area is 179 Å². The first-order valence-corrected chi connectivity index (χ1v) is 11.6. The molecule has 1 amide bonds. The topological polar surface area (TPSA) is 97.8 Å². The molecule has 30 heavy (non-hydrogen) atoms. The average molecular weight is 450 g/mol. The minimum Gasteiger partial charge on any atom is -0.497 e. The number of fused-ring (bicyclic) bond motifs is 1. The highest BCUT2D eigenvalue weighted by molar-refractivity contribution is 7.89. The number of carbonyl (C=O) groups excluding carboxylic acids is 1. The standard InChI is InChI=1S/C20H23N3O5S2/c1-4-23(5-2)30(25,26)16-10-11-17-18(12-16)29-20(21-17)22-19(24)13-28-15-8-6-14(27-3)7-9-15/h6-12H,4-5,13H2,1-3H3,(H,21,22,24). The Kier molecular flexibility index (Phi) is 6.91. The number of methoxy groups -OCH3 is 1. The molecule has 10 heteroatoms. The zero-order chi connectivity index (χ0) is 21.7. The van der Waals surface area contributed by atoms with Crippen molar-refractivity contribution in [1.82, 2.24) is 9.29 Å². The predicted molar refractivity (Wildman–Crippen MR) is 117 cm³/mol. The van der Waals surface area contributed by atoms with E-state index >= 15 is 0 Å². The van der Waals surface area contributed by atoms with Gasteiger partial charge in [-0.05, 0) is 42.5 Å². The summed E-state index contributed by atoms with van der Waals surface area (Å²) >= 11 is 1.21. The van der Waals surface area contributed by atoms with Gasteiger partial charge in [-0.2, -0.15) is 4.31 Å². The molecule has 8 nitrogen and oxygen atoms in total. The van der Waals surface area contributed by atoms with E-state index in [1.54, 1.807) is 57.4 Å². The van der Waals surface area contributed by atoms with Gasteiger partial charge >= 0.3 is 0 Å². The Morgan fingerprint density at radius 2 is 1.77 bits per heavy atom. The smallest absolute Gasteiger partial charge is 0.264 e. The van der Waals surface area contributed by atoms with Crippen molar-refractivity contribution in [2.24, 2.45) is 0 Å².